The summed E-state index contributed by atoms with van der Waals surface area (Å²) in [5.74, 6) is 0.287. The Labute approximate surface area is 201 Å². The summed E-state index contributed by atoms with van der Waals surface area (Å²) in [5, 5.41) is 7.72. The SMILES string of the molecule is Cc1ccc([C@H](C)NC(=O)Cn2c(=O)cc(-c3nc(-c4ccccn4)no3)c3ccccc32)cc1. The quantitative estimate of drug-likeness (QED) is 0.401. The summed E-state index contributed by atoms with van der Waals surface area (Å²) < 4.78 is 6.92. The number of aryl methyl sites for hydroxylation is 1. The minimum absolute atomic E-state index is 0.112. The van der Waals surface area contributed by atoms with Crippen LogP contribution >= 0.6 is 0 Å². The molecule has 0 saturated carbocycles. The topological polar surface area (TPSA) is 103 Å². The number of nitrogens with zero attached hydrogens (tertiary/aromatic N) is 4. The van der Waals surface area contributed by atoms with Crippen LogP contribution in [-0.2, 0) is 11.3 Å². The molecule has 8 heteroatoms. The van der Waals surface area contributed by atoms with Gasteiger partial charge in [-0.2, -0.15) is 4.98 Å². The van der Waals surface area contributed by atoms with Crippen molar-refractivity contribution < 1.29 is 9.32 Å². The van der Waals surface area contributed by atoms with E-state index in [1.807, 2.05) is 62.4 Å². The lowest BCUT2D eigenvalue weighted by molar-refractivity contribution is -0.122. The number of nitrogens with one attached hydrogen (secondary N) is 1. The molecule has 8 nitrogen and oxygen atoms in total. The Balaban J connectivity index is 1.45. The fraction of sp³-hybridized carbons (Fsp3) is 0.148. The van der Waals surface area contributed by atoms with Crippen LogP contribution in [0, 0.1) is 6.92 Å². The number of hydrogen-bond donors (Lipinski definition) is 1. The van der Waals surface area contributed by atoms with Crippen LogP contribution in [0.25, 0.3) is 33.9 Å². The molecule has 3 aromatic heterocycles. The van der Waals surface area contributed by atoms with Crippen molar-refractivity contribution in [1.29, 1.82) is 0 Å². The summed E-state index contributed by atoms with van der Waals surface area (Å²) in [6, 6.07) is 22.0. The summed E-state index contributed by atoms with van der Waals surface area (Å²) >= 11 is 0. The average molecular weight is 466 g/mol. The van der Waals surface area contributed by atoms with Gasteiger partial charge in [-0.1, -0.05) is 59.3 Å². The third-order valence-electron chi connectivity index (χ3n) is 5.83. The molecule has 1 atom stereocenters. The van der Waals surface area contributed by atoms with Crippen molar-refractivity contribution >= 4 is 16.8 Å². The zero-order valence-electron chi connectivity index (χ0n) is 19.3. The Kier molecular flexibility index (Phi) is 5.93. The van der Waals surface area contributed by atoms with Gasteiger partial charge in [0, 0.05) is 17.6 Å². The fourth-order valence-corrected chi connectivity index (χ4v) is 3.98. The molecule has 1 N–H and O–H groups in total. The molecule has 3 heterocycles. The molecular formula is C27H23N5O3. The zero-order chi connectivity index (χ0) is 24.4. The van der Waals surface area contributed by atoms with Crippen molar-refractivity contribution in [3.8, 4) is 23.0 Å². The van der Waals surface area contributed by atoms with Crippen LogP contribution < -0.4 is 10.9 Å². The van der Waals surface area contributed by atoms with Crippen LogP contribution in [0.5, 0.6) is 0 Å². The highest BCUT2D eigenvalue weighted by Crippen LogP contribution is 2.27. The van der Waals surface area contributed by atoms with Gasteiger partial charge in [0.1, 0.15) is 12.2 Å². The van der Waals surface area contributed by atoms with Gasteiger partial charge in [-0.05, 0) is 37.6 Å². The molecule has 0 fully saturated rings. The zero-order valence-corrected chi connectivity index (χ0v) is 19.3. The highest BCUT2D eigenvalue weighted by molar-refractivity contribution is 5.93. The molecule has 0 aliphatic carbocycles. The number of benzene rings is 2. The first kappa shape index (κ1) is 22.2. The van der Waals surface area contributed by atoms with E-state index >= 15 is 0 Å². The summed E-state index contributed by atoms with van der Waals surface area (Å²) in [5.41, 5.74) is 3.49. The minimum atomic E-state index is -0.338. The number of rotatable bonds is 6. The minimum Gasteiger partial charge on any atom is -0.348 e. The van der Waals surface area contributed by atoms with Crippen molar-refractivity contribution in [3.63, 3.8) is 0 Å². The second kappa shape index (κ2) is 9.34. The van der Waals surface area contributed by atoms with Crippen molar-refractivity contribution in [3.05, 3.63) is 100 Å². The number of fused-ring (bicyclic) bond motifs is 1. The van der Waals surface area contributed by atoms with Crippen molar-refractivity contribution in [2.45, 2.75) is 26.4 Å². The number of amides is 1. The standard InChI is InChI=1S/C27H23N5O3/c1-17-10-12-19(13-11-17)18(2)29-24(33)16-32-23-9-4-3-7-20(23)21(15-25(32)34)27-30-26(31-35-27)22-8-5-6-14-28-22/h3-15,18H,16H2,1-2H3,(H,29,33)/t18-/m0/s1. The third kappa shape index (κ3) is 4.59. The van der Waals surface area contributed by atoms with Gasteiger partial charge in [0.05, 0.1) is 17.1 Å². The molecule has 35 heavy (non-hydrogen) atoms. The molecule has 0 spiro atoms. The lowest BCUT2D eigenvalue weighted by Gasteiger charge is -2.16. The molecule has 0 aliphatic rings. The van der Waals surface area contributed by atoms with E-state index in [-0.39, 0.29) is 29.9 Å². The van der Waals surface area contributed by atoms with Crippen LogP contribution in [0.3, 0.4) is 0 Å². The Bertz CT molecular complexity index is 1560. The number of carbonyl (C=O) groups excluding carboxylic acids is 1. The summed E-state index contributed by atoms with van der Waals surface area (Å²) in [6.07, 6.45) is 1.65. The Morgan fingerprint density at radius 2 is 1.83 bits per heavy atom. The number of pyridine rings is 2. The van der Waals surface area contributed by atoms with E-state index in [1.165, 1.54) is 10.6 Å². The second-order valence-corrected chi connectivity index (χ2v) is 8.34. The first-order chi connectivity index (χ1) is 17.0. The van der Waals surface area contributed by atoms with Gasteiger partial charge in [-0.25, -0.2) is 0 Å². The molecular weight excluding hydrogens is 442 g/mol. The molecule has 5 aromatic rings. The monoisotopic (exact) mass is 465 g/mol. The maximum atomic E-state index is 13.1. The molecule has 0 saturated heterocycles. The van der Waals surface area contributed by atoms with Crippen molar-refractivity contribution in [1.82, 2.24) is 25.0 Å². The van der Waals surface area contributed by atoms with Gasteiger partial charge >= 0.3 is 0 Å². The van der Waals surface area contributed by atoms with Crippen molar-refractivity contribution in [2.24, 2.45) is 0 Å². The highest BCUT2D eigenvalue weighted by atomic mass is 16.5. The maximum Gasteiger partial charge on any atom is 0.259 e. The number of para-hydroxylation sites is 1. The normalized spacial score (nSPS) is 11.9. The van der Waals surface area contributed by atoms with Crippen LogP contribution in [-0.4, -0.2) is 25.6 Å². The van der Waals surface area contributed by atoms with Gasteiger partial charge in [-0.15, -0.1) is 0 Å². The summed E-state index contributed by atoms with van der Waals surface area (Å²) in [7, 11) is 0. The van der Waals surface area contributed by atoms with Gasteiger partial charge < -0.3 is 9.84 Å². The molecule has 0 radical (unpaired) electrons. The van der Waals surface area contributed by atoms with E-state index in [4.69, 9.17) is 4.52 Å². The van der Waals surface area contributed by atoms with Crippen molar-refractivity contribution in [2.75, 3.05) is 0 Å². The molecule has 0 bridgehead atoms. The first-order valence-electron chi connectivity index (χ1n) is 11.2. The maximum absolute atomic E-state index is 13.1. The Hall–Kier alpha value is -4.59. The van der Waals surface area contributed by atoms with E-state index in [2.05, 4.69) is 20.4 Å². The van der Waals surface area contributed by atoms with E-state index in [1.54, 1.807) is 24.4 Å². The van der Waals surface area contributed by atoms with Gasteiger partial charge in [0.15, 0.2) is 0 Å². The first-order valence-corrected chi connectivity index (χ1v) is 11.2. The molecule has 2 aromatic carbocycles. The highest BCUT2D eigenvalue weighted by Gasteiger charge is 2.18. The summed E-state index contributed by atoms with van der Waals surface area (Å²) in [4.78, 5) is 34.7. The molecule has 174 valence electrons. The van der Waals surface area contributed by atoms with E-state index < -0.39 is 0 Å². The Morgan fingerprint density at radius 3 is 2.60 bits per heavy atom. The lowest BCUT2D eigenvalue weighted by Crippen LogP contribution is -2.34. The van der Waals surface area contributed by atoms with E-state index in [0.29, 0.717) is 22.6 Å². The van der Waals surface area contributed by atoms with E-state index in [9.17, 15) is 9.59 Å². The number of hydrogen-bond acceptors (Lipinski definition) is 6. The molecule has 1 amide bonds. The fourth-order valence-electron chi connectivity index (χ4n) is 3.98. The molecule has 0 unspecified atom stereocenters. The van der Waals surface area contributed by atoms with Crippen LogP contribution in [0.2, 0.25) is 0 Å². The van der Waals surface area contributed by atoms with Gasteiger partial charge in [0.2, 0.25) is 11.7 Å². The van der Waals surface area contributed by atoms with E-state index in [0.717, 1.165) is 16.5 Å². The van der Waals surface area contributed by atoms with Crippen LogP contribution in [0.15, 0.2) is 88.3 Å². The average Bonchev–Trinajstić information content (AvgIpc) is 3.37. The Morgan fingerprint density at radius 1 is 1.06 bits per heavy atom. The molecule has 0 aliphatic heterocycles. The number of aromatic nitrogens is 4. The second-order valence-electron chi connectivity index (χ2n) is 8.34. The van der Waals surface area contributed by atoms with Gasteiger partial charge in [0.25, 0.3) is 11.4 Å². The smallest absolute Gasteiger partial charge is 0.259 e. The predicted octanol–water partition coefficient (Wildman–Crippen LogP) is 4.30. The lowest BCUT2D eigenvalue weighted by atomic mass is 10.1. The van der Waals surface area contributed by atoms with Gasteiger partial charge in [-0.3, -0.25) is 19.1 Å². The predicted molar refractivity (Wildman–Crippen MR) is 132 cm³/mol. The van der Waals surface area contributed by atoms with Crippen LogP contribution in [0.4, 0.5) is 0 Å². The van der Waals surface area contributed by atoms with Crippen LogP contribution in [0.1, 0.15) is 24.1 Å². The third-order valence-corrected chi connectivity index (χ3v) is 5.83. The summed E-state index contributed by atoms with van der Waals surface area (Å²) in [6.45, 7) is 3.82. The number of carbonyl (C=O) groups is 1. The molecule has 5 rings (SSSR count). The largest absolute Gasteiger partial charge is 0.348 e.